The predicted molar refractivity (Wildman–Crippen MR) is 140 cm³/mol. The maximum Gasteiger partial charge on any atom is 0.336 e. The topological polar surface area (TPSA) is 47.3 Å². The first-order chi connectivity index (χ1) is 17.1. The maximum atomic E-state index is 14.0. The standard InChI is InChI=1S/C31H21ClO3/c32-25-18-16-23(17-19-25)30(34)28(21-10-4-1-5-11-21)26-20-27(33)35-31(24-14-8-3-9-15-24)29(26)22-12-6-2-7-13-22/h1-20,28H. The minimum atomic E-state index is -0.723. The molecule has 0 aliphatic heterocycles. The quantitative estimate of drug-likeness (QED) is 0.236. The summed E-state index contributed by atoms with van der Waals surface area (Å²) in [5.41, 5.74) is 3.71. The van der Waals surface area contributed by atoms with Crippen molar-refractivity contribution in [2.45, 2.75) is 5.92 Å². The molecule has 3 nitrogen and oxygen atoms in total. The molecule has 0 radical (unpaired) electrons. The fourth-order valence-electron chi connectivity index (χ4n) is 4.33. The molecular formula is C31H21ClO3. The fraction of sp³-hybridized carbons (Fsp3) is 0.0323. The van der Waals surface area contributed by atoms with Gasteiger partial charge in [0.2, 0.25) is 0 Å². The van der Waals surface area contributed by atoms with Gasteiger partial charge in [0.1, 0.15) is 5.76 Å². The van der Waals surface area contributed by atoms with E-state index in [1.165, 1.54) is 6.07 Å². The molecule has 0 saturated heterocycles. The number of halogens is 1. The van der Waals surface area contributed by atoms with E-state index in [1.54, 1.807) is 24.3 Å². The van der Waals surface area contributed by atoms with E-state index < -0.39 is 11.5 Å². The molecule has 0 spiro atoms. The van der Waals surface area contributed by atoms with Crippen LogP contribution in [0.25, 0.3) is 22.5 Å². The molecule has 0 fully saturated rings. The van der Waals surface area contributed by atoms with Gasteiger partial charge < -0.3 is 4.42 Å². The lowest BCUT2D eigenvalue weighted by atomic mass is 9.80. The number of rotatable bonds is 6. The largest absolute Gasteiger partial charge is 0.422 e. The van der Waals surface area contributed by atoms with Gasteiger partial charge in [0, 0.05) is 27.8 Å². The highest BCUT2D eigenvalue weighted by molar-refractivity contribution is 6.30. The number of carbonyl (C=O) groups is 1. The highest BCUT2D eigenvalue weighted by Gasteiger charge is 2.30. The third kappa shape index (κ3) is 4.72. The molecule has 1 heterocycles. The van der Waals surface area contributed by atoms with Gasteiger partial charge in [0.05, 0.1) is 5.92 Å². The van der Waals surface area contributed by atoms with Gasteiger partial charge in [0.25, 0.3) is 0 Å². The number of hydrogen-bond acceptors (Lipinski definition) is 3. The van der Waals surface area contributed by atoms with Crippen LogP contribution in [-0.4, -0.2) is 5.78 Å². The summed E-state index contributed by atoms with van der Waals surface area (Å²) in [5, 5.41) is 0.550. The fourth-order valence-corrected chi connectivity index (χ4v) is 4.46. The molecule has 0 amide bonds. The normalized spacial score (nSPS) is 11.7. The van der Waals surface area contributed by atoms with Gasteiger partial charge in [-0.3, -0.25) is 4.79 Å². The van der Waals surface area contributed by atoms with Crippen LogP contribution >= 0.6 is 11.6 Å². The number of hydrogen-bond donors (Lipinski definition) is 0. The van der Waals surface area contributed by atoms with Crippen LogP contribution in [0.3, 0.4) is 0 Å². The van der Waals surface area contributed by atoms with Crippen molar-refractivity contribution in [3.63, 3.8) is 0 Å². The monoisotopic (exact) mass is 476 g/mol. The number of Topliss-reactive ketones (excluding diaryl/α,β-unsaturated/α-hetero) is 1. The van der Waals surface area contributed by atoms with Crippen LogP contribution in [0.1, 0.15) is 27.4 Å². The van der Waals surface area contributed by atoms with Crippen molar-refractivity contribution in [1.29, 1.82) is 0 Å². The number of ketones is 1. The van der Waals surface area contributed by atoms with Crippen LogP contribution in [0, 0.1) is 0 Å². The Morgan fingerprint density at radius 1 is 0.686 bits per heavy atom. The summed E-state index contributed by atoms with van der Waals surface area (Å²) >= 11 is 6.08. The zero-order valence-corrected chi connectivity index (χ0v) is 19.5. The second kappa shape index (κ2) is 9.96. The molecule has 5 rings (SSSR count). The minimum Gasteiger partial charge on any atom is -0.422 e. The maximum absolute atomic E-state index is 14.0. The average molecular weight is 477 g/mol. The molecule has 5 aromatic rings. The van der Waals surface area contributed by atoms with Crippen LogP contribution in [0.15, 0.2) is 131 Å². The van der Waals surface area contributed by atoms with Crippen molar-refractivity contribution >= 4 is 17.4 Å². The van der Waals surface area contributed by atoms with E-state index in [-0.39, 0.29) is 5.78 Å². The van der Waals surface area contributed by atoms with Crippen LogP contribution < -0.4 is 5.63 Å². The summed E-state index contributed by atoms with van der Waals surface area (Å²) < 4.78 is 5.79. The third-order valence-electron chi connectivity index (χ3n) is 5.93. The van der Waals surface area contributed by atoms with Crippen LogP contribution in [-0.2, 0) is 0 Å². The minimum absolute atomic E-state index is 0.130. The van der Waals surface area contributed by atoms with E-state index in [0.717, 1.165) is 16.7 Å². The molecule has 0 aliphatic carbocycles. The SMILES string of the molecule is O=C(c1ccc(Cl)cc1)C(c1ccccc1)c1cc(=O)oc(-c2ccccc2)c1-c1ccccc1. The Morgan fingerprint density at radius 3 is 1.83 bits per heavy atom. The Bertz CT molecular complexity index is 1510. The lowest BCUT2D eigenvalue weighted by molar-refractivity contribution is 0.0974. The van der Waals surface area contributed by atoms with Crippen molar-refractivity contribution in [3.8, 4) is 22.5 Å². The second-order valence-corrected chi connectivity index (χ2v) is 8.61. The number of carbonyl (C=O) groups excluding carboxylic acids is 1. The van der Waals surface area contributed by atoms with Gasteiger partial charge in [-0.15, -0.1) is 0 Å². The summed E-state index contributed by atoms with van der Waals surface area (Å²) in [4.78, 5) is 26.9. The second-order valence-electron chi connectivity index (χ2n) is 8.17. The number of benzene rings is 4. The Morgan fingerprint density at radius 2 is 1.23 bits per heavy atom. The first-order valence-corrected chi connectivity index (χ1v) is 11.6. The molecule has 35 heavy (non-hydrogen) atoms. The zero-order chi connectivity index (χ0) is 24.2. The van der Waals surface area contributed by atoms with Gasteiger partial charge >= 0.3 is 5.63 Å². The van der Waals surface area contributed by atoms with Crippen LogP contribution in [0.4, 0.5) is 0 Å². The van der Waals surface area contributed by atoms with Crippen molar-refractivity contribution in [1.82, 2.24) is 0 Å². The molecule has 1 unspecified atom stereocenters. The molecule has 4 aromatic carbocycles. The Labute approximate surface area is 208 Å². The van der Waals surface area contributed by atoms with Crippen molar-refractivity contribution < 1.29 is 9.21 Å². The van der Waals surface area contributed by atoms with E-state index in [2.05, 4.69) is 0 Å². The van der Waals surface area contributed by atoms with E-state index in [0.29, 0.717) is 27.5 Å². The molecule has 0 bridgehead atoms. The highest BCUT2D eigenvalue weighted by Crippen LogP contribution is 2.40. The van der Waals surface area contributed by atoms with Gasteiger partial charge in [0.15, 0.2) is 5.78 Å². The van der Waals surface area contributed by atoms with Gasteiger partial charge in [-0.1, -0.05) is 103 Å². The first kappa shape index (κ1) is 22.6. The molecule has 0 N–H and O–H groups in total. The molecule has 4 heteroatoms. The predicted octanol–water partition coefficient (Wildman–Crippen LogP) is 7.64. The summed E-state index contributed by atoms with van der Waals surface area (Å²) in [7, 11) is 0. The van der Waals surface area contributed by atoms with Crippen LogP contribution in [0.2, 0.25) is 5.02 Å². The lowest BCUT2D eigenvalue weighted by Crippen LogP contribution is -2.18. The van der Waals surface area contributed by atoms with E-state index >= 15 is 0 Å². The van der Waals surface area contributed by atoms with E-state index in [4.69, 9.17) is 16.0 Å². The Balaban J connectivity index is 1.83. The van der Waals surface area contributed by atoms with Gasteiger partial charge in [-0.25, -0.2) is 4.79 Å². The Kier molecular flexibility index (Phi) is 6.42. The highest BCUT2D eigenvalue weighted by atomic mass is 35.5. The van der Waals surface area contributed by atoms with Crippen LogP contribution in [0.5, 0.6) is 0 Å². The van der Waals surface area contributed by atoms with E-state index in [1.807, 2.05) is 91.0 Å². The summed E-state index contributed by atoms with van der Waals surface area (Å²) in [6, 6.07) is 37.0. The lowest BCUT2D eigenvalue weighted by Gasteiger charge is -2.22. The molecular weight excluding hydrogens is 456 g/mol. The average Bonchev–Trinajstić information content (AvgIpc) is 2.90. The summed E-state index contributed by atoms with van der Waals surface area (Å²) in [5.74, 6) is -0.419. The van der Waals surface area contributed by atoms with E-state index in [9.17, 15) is 9.59 Å². The smallest absolute Gasteiger partial charge is 0.336 e. The molecule has 0 aliphatic rings. The zero-order valence-electron chi connectivity index (χ0n) is 18.7. The van der Waals surface area contributed by atoms with Crippen molar-refractivity contribution in [3.05, 3.63) is 153 Å². The molecule has 1 aromatic heterocycles. The van der Waals surface area contributed by atoms with Gasteiger partial charge in [-0.05, 0) is 41.0 Å². The molecule has 0 saturated carbocycles. The first-order valence-electron chi connectivity index (χ1n) is 11.3. The third-order valence-corrected chi connectivity index (χ3v) is 6.18. The molecule has 1 atom stereocenters. The molecule has 170 valence electrons. The van der Waals surface area contributed by atoms with Crippen molar-refractivity contribution in [2.24, 2.45) is 0 Å². The van der Waals surface area contributed by atoms with Crippen molar-refractivity contribution in [2.75, 3.05) is 0 Å². The summed E-state index contributed by atoms with van der Waals surface area (Å²) in [6.45, 7) is 0. The Hall–Kier alpha value is -4.21. The summed E-state index contributed by atoms with van der Waals surface area (Å²) in [6.07, 6.45) is 0. The van der Waals surface area contributed by atoms with Gasteiger partial charge in [-0.2, -0.15) is 0 Å².